The van der Waals surface area contributed by atoms with Gasteiger partial charge in [-0.2, -0.15) is 4.31 Å². The Balaban J connectivity index is 1.48. The minimum Gasteiger partial charge on any atom is -0.493 e. The molecule has 0 aliphatic carbocycles. The molecule has 0 amide bonds. The summed E-state index contributed by atoms with van der Waals surface area (Å²) in [6.45, 7) is 0.558. The first-order valence-electron chi connectivity index (χ1n) is 11.4. The summed E-state index contributed by atoms with van der Waals surface area (Å²) in [5.74, 6) is 1.07. The van der Waals surface area contributed by atoms with Gasteiger partial charge in [-0.25, -0.2) is 8.42 Å². The van der Waals surface area contributed by atoms with Crippen molar-refractivity contribution in [1.29, 1.82) is 0 Å². The van der Waals surface area contributed by atoms with Crippen molar-refractivity contribution in [2.75, 3.05) is 12.4 Å². The van der Waals surface area contributed by atoms with Gasteiger partial charge in [0.15, 0.2) is 11.5 Å². The fraction of sp³-hybridized carbons (Fsp3) is 0.143. The molecule has 0 saturated heterocycles. The summed E-state index contributed by atoms with van der Waals surface area (Å²) in [4.78, 5) is 0.257. The molecule has 4 aromatic carbocycles. The number of anilines is 1. The minimum atomic E-state index is -3.77. The Morgan fingerprint density at radius 1 is 0.861 bits per heavy atom. The van der Waals surface area contributed by atoms with Gasteiger partial charge in [-0.3, -0.25) is 0 Å². The second-order valence-corrected chi connectivity index (χ2v) is 10.7. The number of hydrogen-bond donors (Lipinski definition) is 1. The van der Waals surface area contributed by atoms with Gasteiger partial charge in [-0.1, -0.05) is 72.3 Å². The van der Waals surface area contributed by atoms with E-state index in [4.69, 9.17) is 21.1 Å². The number of nitrogens with zero attached hydrogens (tertiary/aromatic N) is 1. The van der Waals surface area contributed by atoms with Gasteiger partial charge < -0.3 is 14.8 Å². The molecule has 36 heavy (non-hydrogen) atoms. The van der Waals surface area contributed by atoms with Crippen LogP contribution in [0, 0.1) is 0 Å². The van der Waals surface area contributed by atoms with Crippen LogP contribution >= 0.6 is 11.6 Å². The number of sulfonamides is 1. The SMILES string of the molecule is COc1cc(C2Nc3ccccc3S(=O)(=O)N2Cc2ccccc2)ccc1OCc1ccc(Cl)cc1. The highest BCUT2D eigenvalue weighted by Gasteiger charge is 2.39. The molecule has 0 saturated carbocycles. The molecule has 5 rings (SSSR count). The number of hydrogen-bond acceptors (Lipinski definition) is 5. The zero-order valence-corrected chi connectivity index (χ0v) is 21.2. The molecule has 0 spiro atoms. The Hall–Kier alpha value is -3.52. The average Bonchev–Trinajstić information content (AvgIpc) is 2.90. The van der Waals surface area contributed by atoms with Crippen LogP contribution in [0.1, 0.15) is 22.9 Å². The Labute approximate surface area is 216 Å². The number of halogens is 1. The normalized spacial score (nSPS) is 16.6. The fourth-order valence-corrected chi connectivity index (χ4v) is 6.00. The van der Waals surface area contributed by atoms with E-state index < -0.39 is 16.2 Å². The maximum absolute atomic E-state index is 13.7. The number of rotatable bonds is 7. The molecule has 0 radical (unpaired) electrons. The smallest absolute Gasteiger partial charge is 0.247 e. The van der Waals surface area contributed by atoms with Crippen molar-refractivity contribution in [2.24, 2.45) is 0 Å². The first-order chi connectivity index (χ1) is 17.5. The number of nitrogens with one attached hydrogen (secondary N) is 1. The molecule has 8 heteroatoms. The van der Waals surface area contributed by atoms with Crippen molar-refractivity contribution in [3.05, 3.63) is 119 Å². The van der Waals surface area contributed by atoms with Crippen LogP contribution in [0.3, 0.4) is 0 Å². The summed E-state index contributed by atoms with van der Waals surface area (Å²) in [6, 6.07) is 29.4. The molecule has 6 nitrogen and oxygen atoms in total. The van der Waals surface area contributed by atoms with E-state index in [1.807, 2.05) is 72.8 Å². The maximum atomic E-state index is 13.7. The molecule has 1 N–H and O–H groups in total. The highest BCUT2D eigenvalue weighted by Crippen LogP contribution is 2.41. The molecule has 4 aromatic rings. The van der Waals surface area contributed by atoms with Crippen molar-refractivity contribution in [3.63, 3.8) is 0 Å². The monoisotopic (exact) mass is 520 g/mol. The quantitative estimate of drug-likeness (QED) is 0.312. The van der Waals surface area contributed by atoms with Crippen molar-refractivity contribution in [2.45, 2.75) is 24.2 Å². The molecular formula is C28H25ClN2O4S. The van der Waals surface area contributed by atoms with Crippen LogP contribution in [-0.2, 0) is 23.2 Å². The molecule has 1 aliphatic rings. The zero-order valence-electron chi connectivity index (χ0n) is 19.6. The number of para-hydroxylation sites is 1. The molecule has 0 bridgehead atoms. The van der Waals surface area contributed by atoms with Crippen LogP contribution in [-0.4, -0.2) is 19.8 Å². The minimum absolute atomic E-state index is 0.215. The van der Waals surface area contributed by atoms with Gasteiger partial charge in [0.2, 0.25) is 10.0 Å². The van der Waals surface area contributed by atoms with E-state index in [0.717, 1.165) is 16.7 Å². The zero-order chi connectivity index (χ0) is 25.1. The van der Waals surface area contributed by atoms with E-state index in [-0.39, 0.29) is 11.4 Å². The van der Waals surface area contributed by atoms with Crippen LogP contribution < -0.4 is 14.8 Å². The van der Waals surface area contributed by atoms with E-state index in [1.54, 1.807) is 31.4 Å². The van der Waals surface area contributed by atoms with Gasteiger partial charge in [0.25, 0.3) is 0 Å². The third kappa shape index (κ3) is 4.91. The summed E-state index contributed by atoms with van der Waals surface area (Å²) in [5.41, 5.74) is 3.16. The summed E-state index contributed by atoms with van der Waals surface area (Å²) >= 11 is 5.97. The summed E-state index contributed by atoms with van der Waals surface area (Å²) < 4.78 is 40.5. The number of ether oxygens (including phenoxy) is 2. The van der Waals surface area contributed by atoms with Gasteiger partial charge >= 0.3 is 0 Å². The Bertz CT molecular complexity index is 1460. The van der Waals surface area contributed by atoms with E-state index in [1.165, 1.54) is 4.31 Å². The molecule has 1 atom stereocenters. The van der Waals surface area contributed by atoms with Gasteiger partial charge in [-0.05, 0) is 53.1 Å². The highest BCUT2D eigenvalue weighted by molar-refractivity contribution is 7.89. The fourth-order valence-electron chi connectivity index (χ4n) is 4.20. The number of methoxy groups -OCH3 is 1. The van der Waals surface area contributed by atoms with Crippen LogP contribution in [0.5, 0.6) is 11.5 Å². The Kier molecular flexibility index (Phi) is 6.87. The largest absolute Gasteiger partial charge is 0.493 e. The highest BCUT2D eigenvalue weighted by atomic mass is 35.5. The van der Waals surface area contributed by atoms with E-state index in [0.29, 0.717) is 28.8 Å². The first kappa shape index (κ1) is 24.2. The van der Waals surface area contributed by atoms with Crippen LogP contribution in [0.25, 0.3) is 0 Å². The van der Waals surface area contributed by atoms with Crippen molar-refractivity contribution in [1.82, 2.24) is 4.31 Å². The van der Waals surface area contributed by atoms with E-state index >= 15 is 0 Å². The van der Waals surface area contributed by atoms with E-state index in [9.17, 15) is 8.42 Å². The molecule has 184 valence electrons. The van der Waals surface area contributed by atoms with Gasteiger partial charge in [0, 0.05) is 11.6 Å². The van der Waals surface area contributed by atoms with Gasteiger partial charge in [0.05, 0.1) is 12.8 Å². The van der Waals surface area contributed by atoms with Crippen LogP contribution in [0.4, 0.5) is 5.69 Å². The number of fused-ring (bicyclic) bond motifs is 1. The predicted octanol–water partition coefficient (Wildman–Crippen LogP) is 6.24. The molecule has 1 aliphatic heterocycles. The molecule has 1 heterocycles. The average molecular weight is 521 g/mol. The molecular weight excluding hydrogens is 496 g/mol. The standard InChI is InChI=1S/C28H25ClN2O4S/c1-34-26-17-22(13-16-25(26)35-19-21-11-14-23(29)15-12-21)28-30-24-9-5-6-10-27(24)36(32,33)31(28)18-20-7-3-2-4-8-20/h2-17,28,30H,18-19H2,1H3. The van der Waals surface area contributed by atoms with Crippen molar-refractivity contribution in [3.8, 4) is 11.5 Å². The van der Waals surface area contributed by atoms with Gasteiger partial charge in [-0.15, -0.1) is 0 Å². The lowest BCUT2D eigenvalue weighted by atomic mass is 10.1. The maximum Gasteiger partial charge on any atom is 0.247 e. The van der Waals surface area contributed by atoms with Crippen LogP contribution in [0.2, 0.25) is 5.02 Å². The van der Waals surface area contributed by atoms with Crippen LogP contribution in [0.15, 0.2) is 102 Å². The topological polar surface area (TPSA) is 67.9 Å². The lowest BCUT2D eigenvalue weighted by Crippen LogP contribution is -2.42. The summed E-state index contributed by atoms with van der Waals surface area (Å²) in [5, 5.41) is 4.08. The first-order valence-corrected chi connectivity index (χ1v) is 13.2. The second kappa shape index (κ2) is 10.2. The second-order valence-electron chi connectivity index (χ2n) is 8.40. The summed E-state index contributed by atoms with van der Waals surface area (Å²) in [6.07, 6.45) is -0.635. The van der Waals surface area contributed by atoms with Gasteiger partial charge in [0.1, 0.15) is 17.7 Å². The lowest BCUT2D eigenvalue weighted by Gasteiger charge is -2.37. The Morgan fingerprint density at radius 2 is 1.58 bits per heavy atom. The molecule has 1 unspecified atom stereocenters. The Morgan fingerprint density at radius 3 is 2.33 bits per heavy atom. The van der Waals surface area contributed by atoms with Crippen molar-refractivity contribution >= 4 is 27.3 Å². The molecule has 0 aromatic heterocycles. The van der Waals surface area contributed by atoms with Crippen molar-refractivity contribution < 1.29 is 17.9 Å². The third-order valence-electron chi connectivity index (χ3n) is 6.05. The van der Waals surface area contributed by atoms with E-state index in [2.05, 4.69) is 5.32 Å². The summed E-state index contributed by atoms with van der Waals surface area (Å²) in [7, 11) is -2.20. The molecule has 0 fully saturated rings. The predicted molar refractivity (Wildman–Crippen MR) is 141 cm³/mol. The lowest BCUT2D eigenvalue weighted by molar-refractivity contribution is 0.283. The number of benzene rings is 4. The third-order valence-corrected chi connectivity index (χ3v) is 8.17.